The molecule has 6 rings (SSSR count). The van der Waals surface area contributed by atoms with Crippen LogP contribution in [0.4, 0.5) is 10.8 Å². The lowest BCUT2D eigenvalue weighted by Crippen LogP contribution is -2.56. The summed E-state index contributed by atoms with van der Waals surface area (Å²) in [5, 5.41) is 10.2. The molecule has 2 heterocycles. The Labute approximate surface area is 218 Å². The highest BCUT2D eigenvalue weighted by Crippen LogP contribution is 2.57. The van der Waals surface area contributed by atoms with E-state index in [0.717, 1.165) is 47.8 Å². The van der Waals surface area contributed by atoms with E-state index in [2.05, 4.69) is 15.6 Å². The van der Waals surface area contributed by atoms with E-state index >= 15 is 0 Å². The maximum absolute atomic E-state index is 12.8. The summed E-state index contributed by atoms with van der Waals surface area (Å²) in [6, 6.07) is 21.1. The van der Waals surface area contributed by atoms with E-state index in [9.17, 15) is 4.79 Å². The first-order chi connectivity index (χ1) is 17.6. The normalized spacial score (nSPS) is 22.4. The fraction of sp³-hybridized carbons (Fsp3) is 0.250. The first-order valence-corrected chi connectivity index (χ1v) is 13.3. The number of carbonyl (C=O) groups excluding carboxylic acids is 1. The number of aromatic nitrogens is 2. The third-order valence-electron chi connectivity index (χ3n) is 6.99. The topological polar surface area (TPSA) is 76.1 Å². The molecule has 2 aliphatic carbocycles. The van der Waals surface area contributed by atoms with E-state index in [1.807, 2.05) is 60.0 Å². The molecular weight excluding hydrogens is 492 g/mol. The van der Waals surface area contributed by atoms with Gasteiger partial charge in [-0.15, -0.1) is 11.3 Å². The molecule has 2 N–H and O–H groups in total. The molecule has 4 aromatic rings. The SMILES string of the molecule is O=C(Nc1ccccc1)c1cccnc1OC1CC2(CC(Nc3nc(-c4ccccc4Cl)cs3)C2)C1. The highest BCUT2D eigenvalue weighted by Gasteiger charge is 2.54. The summed E-state index contributed by atoms with van der Waals surface area (Å²) < 4.78 is 6.17. The molecule has 0 bridgehead atoms. The second-order valence-electron chi connectivity index (χ2n) is 9.59. The standard InChI is InChI=1S/C28H25ClN4O2S/c29-23-11-5-4-9-21(23)24-17-36-27(33-24)32-19-13-28(14-19)15-20(16-28)35-26-22(10-6-12-30-26)25(34)31-18-7-2-1-3-8-18/h1-12,17,19-20H,13-16H2,(H,31,34)(H,32,33). The quantitative estimate of drug-likeness (QED) is 0.279. The van der Waals surface area contributed by atoms with Gasteiger partial charge in [-0.3, -0.25) is 4.79 Å². The van der Waals surface area contributed by atoms with Gasteiger partial charge in [-0.25, -0.2) is 9.97 Å². The van der Waals surface area contributed by atoms with Crippen LogP contribution in [0, 0.1) is 5.41 Å². The summed E-state index contributed by atoms with van der Waals surface area (Å²) in [6.07, 6.45) is 5.89. The Morgan fingerprint density at radius 3 is 2.58 bits per heavy atom. The Balaban J connectivity index is 1.01. The molecule has 0 aliphatic heterocycles. The van der Waals surface area contributed by atoms with Crippen molar-refractivity contribution in [2.45, 2.75) is 37.8 Å². The molecule has 0 atom stereocenters. The average Bonchev–Trinajstić information content (AvgIpc) is 3.31. The number of hydrogen-bond donors (Lipinski definition) is 2. The van der Waals surface area contributed by atoms with E-state index in [0.29, 0.717) is 27.9 Å². The second-order valence-corrected chi connectivity index (χ2v) is 10.9. The largest absolute Gasteiger partial charge is 0.474 e. The minimum Gasteiger partial charge on any atom is -0.474 e. The highest BCUT2D eigenvalue weighted by atomic mass is 35.5. The zero-order valence-electron chi connectivity index (χ0n) is 19.5. The van der Waals surface area contributed by atoms with Crippen molar-refractivity contribution >= 4 is 39.7 Å². The van der Waals surface area contributed by atoms with Crippen molar-refractivity contribution in [1.82, 2.24) is 9.97 Å². The second kappa shape index (κ2) is 9.56. The maximum atomic E-state index is 12.8. The summed E-state index contributed by atoms with van der Waals surface area (Å²) in [5.74, 6) is 0.181. The molecule has 2 aliphatic rings. The number of benzene rings is 2. The number of anilines is 2. The van der Waals surface area contributed by atoms with Crippen LogP contribution >= 0.6 is 22.9 Å². The smallest absolute Gasteiger partial charge is 0.261 e. The first kappa shape index (κ1) is 23.0. The van der Waals surface area contributed by atoms with Gasteiger partial charge in [0.25, 0.3) is 5.91 Å². The minimum atomic E-state index is -0.217. The first-order valence-electron chi connectivity index (χ1n) is 12.0. The van der Waals surface area contributed by atoms with Gasteiger partial charge >= 0.3 is 0 Å². The number of nitrogens with one attached hydrogen (secondary N) is 2. The van der Waals surface area contributed by atoms with Gasteiger partial charge in [0.15, 0.2) is 5.13 Å². The van der Waals surface area contributed by atoms with Crippen molar-refractivity contribution in [3.05, 3.63) is 88.9 Å². The fourth-order valence-electron chi connectivity index (χ4n) is 5.25. The number of para-hydroxylation sites is 1. The van der Waals surface area contributed by atoms with Gasteiger partial charge in [0.2, 0.25) is 5.88 Å². The third-order valence-corrected chi connectivity index (χ3v) is 8.09. The average molecular weight is 517 g/mol. The maximum Gasteiger partial charge on any atom is 0.261 e. The number of hydrogen-bond acceptors (Lipinski definition) is 6. The summed E-state index contributed by atoms with van der Waals surface area (Å²) >= 11 is 7.93. The van der Waals surface area contributed by atoms with Crippen LogP contribution in [-0.4, -0.2) is 28.0 Å². The van der Waals surface area contributed by atoms with Gasteiger partial charge in [0.1, 0.15) is 11.7 Å². The number of carbonyl (C=O) groups is 1. The lowest BCUT2D eigenvalue weighted by atomic mass is 9.53. The van der Waals surface area contributed by atoms with Crippen molar-refractivity contribution < 1.29 is 9.53 Å². The molecule has 36 heavy (non-hydrogen) atoms. The van der Waals surface area contributed by atoms with E-state index in [4.69, 9.17) is 21.3 Å². The van der Waals surface area contributed by atoms with E-state index in [-0.39, 0.29) is 12.0 Å². The van der Waals surface area contributed by atoms with Gasteiger partial charge in [0.05, 0.1) is 5.69 Å². The van der Waals surface area contributed by atoms with E-state index in [1.54, 1.807) is 29.7 Å². The summed E-state index contributed by atoms with van der Waals surface area (Å²) in [6.45, 7) is 0. The number of rotatable bonds is 7. The summed E-state index contributed by atoms with van der Waals surface area (Å²) in [4.78, 5) is 21.9. The lowest BCUT2D eigenvalue weighted by Gasteiger charge is -2.57. The molecule has 0 saturated heterocycles. The van der Waals surface area contributed by atoms with Crippen LogP contribution in [0.1, 0.15) is 36.0 Å². The molecule has 0 radical (unpaired) electrons. The molecule has 0 unspecified atom stereocenters. The Bertz CT molecular complexity index is 1380. The van der Waals surface area contributed by atoms with Gasteiger partial charge in [-0.1, -0.05) is 48.0 Å². The number of amides is 1. The van der Waals surface area contributed by atoms with Crippen LogP contribution in [0.2, 0.25) is 5.02 Å². The molecule has 8 heteroatoms. The molecule has 2 fully saturated rings. The Hall–Kier alpha value is -3.42. The number of pyridine rings is 1. The zero-order chi connectivity index (χ0) is 24.5. The van der Waals surface area contributed by atoms with Gasteiger partial charge in [0, 0.05) is 33.9 Å². The Morgan fingerprint density at radius 1 is 1.00 bits per heavy atom. The predicted octanol–water partition coefficient (Wildman–Crippen LogP) is 6.91. The molecule has 182 valence electrons. The number of thiazole rings is 1. The minimum absolute atomic E-state index is 0.0795. The van der Waals surface area contributed by atoms with Gasteiger partial charge in [-0.2, -0.15) is 0 Å². The predicted molar refractivity (Wildman–Crippen MR) is 144 cm³/mol. The van der Waals surface area contributed by atoms with E-state index in [1.165, 1.54) is 0 Å². The van der Waals surface area contributed by atoms with Crippen LogP contribution in [-0.2, 0) is 0 Å². The molecular formula is C28H25ClN4O2S. The van der Waals surface area contributed by atoms with Crippen LogP contribution in [0.25, 0.3) is 11.3 Å². The Morgan fingerprint density at radius 2 is 1.78 bits per heavy atom. The summed E-state index contributed by atoms with van der Waals surface area (Å²) in [5.41, 5.74) is 3.37. The third kappa shape index (κ3) is 4.68. The molecule has 2 aromatic heterocycles. The molecule has 2 saturated carbocycles. The number of halogens is 1. The Kier molecular flexibility index (Phi) is 6.11. The molecule has 6 nitrogen and oxygen atoms in total. The fourth-order valence-corrected chi connectivity index (χ4v) is 6.27. The highest BCUT2D eigenvalue weighted by molar-refractivity contribution is 7.14. The van der Waals surface area contributed by atoms with Crippen LogP contribution < -0.4 is 15.4 Å². The number of ether oxygens (including phenoxy) is 1. The van der Waals surface area contributed by atoms with Crippen LogP contribution in [0.15, 0.2) is 78.3 Å². The van der Waals surface area contributed by atoms with Crippen molar-refractivity contribution in [2.75, 3.05) is 10.6 Å². The van der Waals surface area contributed by atoms with Crippen molar-refractivity contribution in [3.8, 4) is 17.1 Å². The molecule has 2 aromatic carbocycles. The van der Waals surface area contributed by atoms with Crippen molar-refractivity contribution in [1.29, 1.82) is 0 Å². The monoisotopic (exact) mass is 516 g/mol. The molecule has 1 amide bonds. The van der Waals surface area contributed by atoms with Gasteiger partial charge in [-0.05, 0) is 61.4 Å². The van der Waals surface area contributed by atoms with Gasteiger partial charge < -0.3 is 15.4 Å². The molecule has 1 spiro atoms. The van der Waals surface area contributed by atoms with Crippen molar-refractivity contribution in [2.24, 2.45) is 5.41 Å². The summed E-state index contributed by atoms with van der Waals surface area (Å²) in [7, 11) is 0. The van der Waals surface area contributed by atoms with Crippen LogP contribution in [0.3, 0.4) is 0 Å². The van der Waals surface area contributed by atoms with E-state index < -0.39 is 0 Å². The van der Waals surface area contributed by atoms with Crippen LogP contribution in [0.5, 0.6) is 5.88 Å². The number of nitrogens with zero attached hydrogens (tertiary/aromatic N) is 2. The van der Waals surface area contributed by atoms with Crippen molar-refractivity contribution in [3.63, 3.8) is 0 Å². The lowest BCUT2D eigenvalue weighted by molar-refractivity contribution is -0.0759. The zero-order valence-corrected chi connectivity index (χ0v) is 21.1.